The Kier molecular flexibility index (Phi) is 3.96. The molecule has 90 valence electrons. The van der Waals surface area contributed by atoms with Crippen LogP contribution in [0.15, 0.2) is 12.4 Å². The highest BCUT2D eigenvalue weighted by Gasteiger charge is 2.18. The Morgan fingerprint density at radius 2 is 2.19 bits per heavy atom. The Hall–Kier alpha value is -0.870. The van der Waals surface area contributed by atoms with Crippen LogP contribution in [-0.2, 0) is 13.1 Å². The smallest absolute Gasteiger partial charge is 0.0541 e. The van der Waals surface area contributed by atoms with Crippen LogP contribution in [0.3, 0.4) is 0 Å². The fourth-order valence-corrected chi connectivity index (χ4v) is 2.21. The zero-order valence-electron chi connectivity index (χ0n) is 9.89. The van der Waals surface area contributed by atoms with Gasteiger partial charge in [-0.2, -0.15) is 5.10 Å². The highest BCUT2D eigenvalue weighted by atomic mass is 16.3. The quantitative estimate of drug-likeness (QED) is 0.809. The number of rotatable bonds is 4. The maximum atomic E-state index is 9.41. The summed E-state index contributed by atoms with van der Waals surface area (Å²) in [7, 11) is 0. The lowest BCUT2D eigenvalue weighted by Crippen LogP contribution is -2.34. The van der Waals surface area contributed by atoms with Crippen LogP contribution in [0.25, 0.3) is 0 Å². The Bertz CT molecular complexity index is 316. The van der Waals surface area contributed by atoms with E-state index in [9.17, 15) is 5.11 Å². The Morgan fingerprint density at radius 3 is 2.81 bits per heavy atom. The van der Waals surface area contributed by atoms with Crippen molar-refractivity contribution in [3.63, 3.8) is 0 Å². The van der Waals surface area contributed by atoms with Crippen molar-refractivity contribution in [1.29, 1.82) is 0 Å². The third-order valence-corrected chi connectivity index (χ3v) is 3.30. The number of nitrogens with zero attached hydrogens (tertiary/aromatic N) is 2. The summed E-state index contributed by atoms with van der Waals surface area (Å²) in [6, 6.07) is 0.563. The van der Waals surface area contributed by atoms with Crippen molar-refractivity contribution >= 4 is 0 Å². The second-order valence-electron chi connectivity index (χ2n) is 4.59. The maximum Gasteiger partial charge on any atom is 0.0541 e. The highest BCUT2D eigenvalue weighted by molar-refractivity contribution is 5.03. The van der Waals surface area contributed by atoms with E-state index >= 15 is 0 Å². The maximum absolute atomic E-state index is 9.41. The first-order chi connectivity index (χ1) is 7.78. The predicted octanol–water partition coefficient (Wildman–Crippen LogP) is 1.30. The standard InChI is InChI=1S/C12H21N3O/c1-2-15-9-10(8-14-15)7-13-11-3-5-12(16)6-4-11/h8-9,11-13,16H,2-7H2,1H3. The summed E-state index contributed by atoms with van der Waals surface area (Å²) in [6.07, 6.45) is 7.99. The highest BCUT2D eigenvalue weighted by Crippen LogP contribution is 2.18. The van der Waals surface area contributed by atoms with E-state index in [1.54, 1.807) is 0 Å². The molecule has 0 aliphatic heterocycles. The zero-order valence-corrected chi connectivity index (χ0v) is 9.89. The van der Waals surface area contributed by atoms with Gasteiger partial charge < -0.3 is 10.4 Å². The van der Waals surface area contributed by atoms with E-state index in [0.29, 0.717) is 6.04 Å². The van der Waals surface area contributed by atoms with Gasteiger partial charge in [0.2, 0.25) is 0 Å². The number of aryl methyl sites for hydroxylation is 1. The zero-order chi connectivity index (χ0) is 11.4. The summed E-state index contributed by atoms with van der Waals surface area (Å²) in [5.41, 5.74) is 1.24. The van der Waals surface area contributed by atoms with E-state index in [-0.39, 0.29) is 6.10 Å². The predicted molar refractivity (Wildman–Crippen MR) is 63.0 cm³/mol. The summed E-state index contributed by atoms with van der Waals surface area (Å²) >= 11 is 0. The second-order valence-corrected chi connectivity index (χ2v) is 4.59. The molecule has 4 nitrogen and oxygen atoms in total. The van der Waals surface area contributed by atoms with Crippen LogP contribution in [0.5, 0.6) is 0 Å². The number of aliphatic hydroxyl groups excluding tert-OH is 1. The minimum absolute atomic E-state index is 0.0686. The third kappa shape index (κ3) is 3.06. The molecule has 0 radical (unpaired) electrons. The minimum atomic E-state index is -0.0686. The van der Waals surface area contributed by atoms with E-state index in [1.165, 1.54) is 5.56 Å². The molecule has 16 heavy (non-hydrogen) atoms. The van der Waals surface area contributed by atoms with Crippen LogP contribution in [0, 0.1) is 0 Å². The molecule has 1 aliphatic rings. The Labute approximate surface area is 96.7 Å². The average Bonchev–Trinajstić information content (AvgIpc) is 2.76. The number of hydrogen-bond donors (Lipinski definition) is 2. The summed E-state index contributed by atoms with van der Waals surface area (Å²) in [6.45, 7) is 3.91. The summed E-state index contributed by atoms with van der Waals surface area (Å²) in [5.74, 6) is 0. The molecule has 1 aliphatic carbocycles. The van der Waals surface area contributed by atoms with Gasteiger partial charge in [0.1, 0.15) is 0 Å². The number of aromatic nitrogens is 2. The van der Waals surface area contributed by atoms with E-state index in [2.05, 4.69) is 23.5 Å². The van der Waals surface area contributed by atoms with Crippen LogP contribution in [-0.4, -0.2) is 27.0 Å². The van der Waals surface area contributed by atoms with Gasteiger partial charge >= 0.3 is 0 Å². The fourth-order valence-electron chi connectivity index (χ4n) is 2.21. The monoisotopic (exact) mass is 223 g/mol. The molecule has 0 atom stereocenters. The summed E-state index contributed by atoms with van der Waals surface area (Å²) < 4.78 is 1.95. The van der Waals surface area contributed by atoms with Gasteiger partial charge in [0, 0.05) is 30.9 Å². The van der Waals surface area contributed by atoms with Crippen molar-refractivity contribution in [2.24, 2.45) is 0 Å². The first-order valence-corrected chi connectivity index (χ1v) is 6.20. The molecule has 1 heterocycles. The molecule has 1 aromatic rings. The molecule has 0 unspecified atom stereocenters. The van der Waals surface area contributed by atoms with Gasteiger partial charge in [-0.05, 0) is 32.6 Å². The van der Waals surface area contributed by atoms with E-state index < -0.39 is 0 Å². The first kappa shape index (κ1) is 11.6. The fraction of sp³-hybridized carbons (Fsp3) is 0.750. The molecule has 0 bridgehead atoms. The molecule has 1 fully saturated rings. The van der Waals surface area contributed by atoms with Crippen LogP contribution >= 0.6 is 0 Å². The molecule has 2 N–H and O–H groups in total. The molecule has 4 heteroatoms. The van der Waals surface area contributed by atoms with Crippen LogP contribution in [0.2, 0.25) is 0 Å². The Balaban J connectivity index is 1.74. The average molecular weight is 223 g/mol. The van der Waals surface area contributed by atoms with Gasteiger partial charge in [-0.15, -0.1) is 0 Å². The lowest BCUT2D eigenvalue weighted by molar-refractivity contribution is 0.116. The topological polar surface area (TPSA) is 50.1 Å². The van der Waals surface area contributed by atoms with Gasteiger partial charge in [-0.3, -0.25) is 4.68 Å². The normalized spacial score (nSPS) is 25.9. The lowest BCUT2D eigenvalue weighted by Gasteiger charge is -2.26. The number of nitrogens with one attached hydrogen (secondary N) is 1. The van der Waals surface area contributed by atoms with Crippen LogP contribution in [0.4, 0.5) is 0 Å². The van der Waals surface area contributed by atoms with Gasteiger partial charge in [0.05, 0.1) is 12.3 Å². The SMILES string of the molecule is CCn1cc(CNC2CCC(O)CC2)cn1. The lowest BCUT2D eigenvalue weighted by atomic mass is 9.93. The molecular formula is C12H21N3O. The van der Waals surface area contributed by atoms with Gasteiger partial charge in [-0.25, -0.2) is 0 Å². The summed E-state index contributed by atoms with van der Waals surface area (Å²) in [4.78, 5) is 0. The van der Waals surface area contributed by atoms with E-state index in [1.807, 2.05) is 10.9 Å². The molecule has 1 aromatic heterocycles. The van der Waals surface area contributed by atoms with Crippen molar-refractivity contribution < 1.29 is 5.11 Å². The minimum Gasteiger partial charge on any atom is -0.393 e. The van der Waals surface area contributed by atoms with Crippen LogP contribution in [0.1, 0.15) is 38.2 Å². The van der Waals surface area contributed by atoms with Crippen molar-refractivity contribution in [3.8, 4) is 0 Å². The first-order valence-electron chi connectivity index (χ1n) is 6.20. The number of aliphatic hydroxyl groups is 1. The Morgan fingerprint density at radius 1 is 1.44 bits per heavy atom. The van der Waals surface area contributed by atoms with Crippen molar-refractivity contribution in [2.75, 3.05) is 0 Å². The molecular weight excluding hydrogens is 202 g/mol. The molecule has 2 rings (SSSR count). The van der Waals surface area contributed by atoms with Crippen molar-refractivity contribution in [1.82, 2.24) is 15.1 Å². The van der Waals surface area contributed by atoms with E-state index in [4.69, 9.17) is 0 Å². The molecule has 0 spiro atoms. The van der Waals surface area contributed by atoms with Crippen molar-refractivity contribution in [2.45, 2.75) is 57.8 Å². The van der Waals surface area contributed by atoms with Gasteiger partial charge in [0.25, 0.3) is 0 Å². The largest absolute Gasteiger partial charge is 0.393 e. The summed E-state index contributed by atoms with van der Waals surface area (Å²) in [5, 5.41) is 17.2. The molecule has 0 amide bonds. The molecule has 0 aromatic carbocycles. The second kappa shape index (κ2) is 5.46. The van der Waals surface area contributed by atoms with Gasteiger partial charge in [-0.1, -0.05) is 0 Å². The molecule has 0 saturated heterocycles. The number of hydrogen-bond acceptors (Lipinski definition) is 3. The van der Waals surface area contributed by atoms with Crippen molar-refractivity contribution in [3.05, 3.63) is 18.0 Å². The van der Waals surface area contributed by atoms with Gasteiger partial charge in [0.15, 0.2) is 0 Å². The third-order valence-electron chi connectivity index (χ3n) is 3.30. The molecule has 1 saturated carbocycles. The van der Waals surface area contributed by atoms with E-state index in [0.717, 1.165) is 38.8 Å². The van der Waals surface area contributed by atoms with Crippen LogP contribution < -0.4 is 5.32 Å².